The average molecular weight is 508 g/mol. The first-order valence-electron chi connectivity index (χ1n) is 9.79. The third kappa shape index (κ3) is 8.56. The summed E-state index contributed by atoms with van der Waals surface area (Å²) in [5.41, 5.74) is 0. The molecule has 0 aliphatic carbocycles. The predicted octanol–water partition coefficient (Wildman–Crippen LogP) is 3.60. The molecule has 8 nitrogen and oxygen atoms in total. The summed E-state index contributed by atoms with van der Waals surface area (Å²) >= 11 is 0. The zero-order valence-corrected chi connectivity index (χ0v) is 18.8. The van der Waals surface area contributed by atoms with Crippen LogP contribution in [-0.4, -0.2) is 76.5 Å². The Morgan fingerprint density at radius 3 is 1.24 bits per heavy atom. The van der Waals surface area contributed by atoms with Crippen LogP contribution in [0.5, 0.6) is 0 Å². The van der Waals surface area contributed by atoms with Crippen molar-refractivity contribution in [1.29, 1.82) is 0 Å². The molecule has 0 saturated carbocycles. The highest BCUT2D eigenvalue weighted by atomic mass is 19.4. The molecule has 1 rings (SSSR count). The Bertz CT molecular complexity index is 676. The van der Waals surface area contributed by atoms with E-state index in [1.165, 1.54) is 0 Å². The summed E-state index contributed by atoms with van der Waals surface area (Å²) in [6.07, 6.45) is -15.3. The Morgan fingerprint density at radius 2 is 1.00 bits per heavy atom. The highest BCUT2D eigenvalue weighted by Gasteiger charge is 2.46. The van der Waals surface area contributed by atoms with Crippen LogP contribution >= 0.6 is 0 Å². The first-order valence-corrected chi connectivity index (χ1v) is 9.79. The lowest BCUT2D eigenvalue weighted by molar-refractivity contribution is -0.232. The van der Waals surface area contributed by atoms with Crippen LogP contribution in [0.15, 0.2) is 24.3 Å². The molecule has 1 aliphatic rings. The second kappa shape index (κ2) is 12.0. The summed E-state index contributed by atoms with van der Waals surface area (Å²) in [5.74, 6) is -6.78. The number of alkyl halides is 6. The lowest BCUT2D eigenvalue weighted by atomic mass is 10.0. The van der Waals surface area contributed by atoms with Crippen LogP contribution in [0.3, 0.4) is 0 Å². The fraction of sp³-hybridized carbons (Fsp3) is 0.700. The molecule has 0 N–H and O–H groups in total. The standard InChI is InChI=1S/C20H26F6O8/c1-29-17(30-2)9-5-13(19(21,22)23)33-16(28)8-12-18(31-3,32-4)10-6-14(20(24,25)26)34-15(27)7-11-17/h7-8,11-14H,5-6,9-10H2,1-4H3/b11-7+,12-8+/t13-,14-/m0/s1. The Hall–Kier alpha value is -2.16. The van der Waals surface area contributed by atoms with Crippen LogP contribution in [0.4, 0.5) is 26.3 Å². The second-order valence-electron chi connectivity index (χ2n) is 7.12. The minimum atomic E-state index is -4.97. The highest BCUT2D eigenvalue weighted by Crippen LogP contribution is 2.33. The van der Waals surface area contributed by atoms with Crippen LogP contribution < -0.4 is 0 Å². The summed E-state index contributed by atoms with van der Waals surface area (Å²) in [6, 6.07) is 0. The number of carbonyl (C=O) groups is 2. The van der Waals surface area contributed by atoms with E-state index in [1.54, 1.807) is 0 Å². The fourth-order valence-corrected chi connectivity index (χ4v) is 3.01. The van der Waals surface area contributed by atoms with Crippen molar-refractivity contribution in [3.63, 3.8) is 0 Å². The van der Waals surface area contributed by atoms with Gasteiger partial charge >= 0.3 is 24.3 Å². The Kier molecular flexibility index (Phi) is 10.5. The van der Waals surface area contributed by atoms with Crippen molar-refractivity contribution in [2.45, 2.75) is 61.8 Å². The van der Waals surface area contributed by atoms with Gasteiger partial charge in [-0.1, -0.05) is 0 Å². The average Bonchev–Trinajstić information content (AvgIpc) is 2.76. The number of hydrogen-bond acceptors (Lipinski definition) is 8. The van der Waals surface area contributed by atoms with Crippen molar-refractivity contribution < 1.29 is 64.4 Å². The number of hydrogen-bond donors (Lipinski definition) is 0. The van der Waals surface area contributed by atoms with Gasteiger partial charge < -0.3 is 28.4 Å². The quantitative estimate of drug-likeness (QED) is 0.324. The van der Waals surface area contributed by atoms with E-state index in [0.717, 1.165) is 40.6 Å². The lowest BCUT2D eigenvalue weighted by Gasteiger charge is -2.31. The van der Waals surface area contributed by atoms with Gasteiger partial charge in [-0.3, -0.25) is 0 Å². The minimum Gasteiger partial charge on any atom is -0.450 e. The molecule has 0 amide bonds. The van der Waals surface area contributed by atoms with Crippen molar-refractivity contribution in [3.05, 3.63) is 24.3 Å². The van der Waals surface area contributed by atoms with Crippen LogP contribution in [0.1, 0.15) is 25.7 Å². The van der Waals surface area contributed by atoms with Crippen molar-refractivity contribution in [2.24, 2.45) is 0 Å². The molecule has 0 bridgehead atoms. The van der Waals surface area contributed by atoms with Gasteiger partial charge in [-0.2, -0.15) is 26.3 Å². The highest BCUT2D eigenvalue weighted by molar-refractivity contribution is 5.82. The lowest BCUT2D eigenvalue weighted by Crippen LogP contribution is -2.40. The Morgan fingerprint density at radius 1 is 0.706 bits per heavy atom. The maximum Gasteiger partial charge on any atom is 0.425 e. The molecule has 196 valence electrons. The number of rotatable bonds is 4. The van der Waals surface area contributed by atoms with Crippen LogP contribution in [-0.2, 0) is 38.0 Å². The van der Waals surface area contributed by atoms with E-state index >= 15 is 0 Å². The maximum atomic E-state index is 13.4. The van der Waals surface area contributed by atoms with Gasteiger partial charge in [0.15, 0.2) is 23.8 Å². The molecule has 0 saturated heterocycles. The van der Waals surface area contributed by atoms with Crippen LogP contribution in [0.2, 0.25) is 0 Å². The monoisotopic (exact) mass is 508 g/mol. The van der Waals surface area contributed by atoms with Crippen molar-refractivity contribution >= 4 is 11.9 Å². The van der Waals surface area contributed by atoms with Gasteiger partial charge in [0, 0.05) is 53.4 Å². The third-order valence-electron chi connectivity index (χ3n) is 5.09. The summed E-state index contributed by atoms with van der Waals surface area (Å²) in [4.78, 5) is 24.1. The smallest absolute Gasteiger partial charge is 0.425 e. The van der Waals surface area contributed by atoms with Crippen LogP contribution in [0.25, 0.3) is 0 Å². The number of esters is 2. The van der Waals surface area contributed by atoms with Crippen molar-refractivity contribution in [1.82, 2.24) is 0 Å². The molecule has 0 aromatic rings. The van der Waals surface area contributed by atoms with E-state index < -0.39 is 73.8 Å². The molecule has 0 spiro atoms. The topological polar surface area (TPSA) is 89.5 Å². The molecular weight excluding hydrogens is 482 g/mol. The van der Waals surface area contributed by atoms with E-state index in [-0.39, 0.29) is 0 Å². The molecule has 1 aliphatic heterocycles. The Labute approximate surface area is 191 Å². The SMILES string of the molecule is COC1(OC)/C=C/C(=O)O[C@H](C(F)(F)F)CCC(OC)(OC)/C=C/C(=O)O[C@H](C(F)(F)F)CC1. The minimum absolute atomic E-state index is 0.548. The number of cyclic esters (lactones) is 2. The summed E-state index contributed by atoms with van der Waals surface area (Å²) in [7, 11) is 4.18. The van der Waals surface area contributed by atoms with E-state index in [9.17, 15) is 35.9 Å². The van der Waals surface area contributed by atoms with Gasteiger partial charge in [0.05, 0.1) is 0 Å². The predicted molar refractivity (Wildman–Crippen MR) is 102 cm³/mol. The summed E-state index contributed by atoms with van der Waals surface area (Å²) < 4.78 is 110. The van der Waals surface area contributed by atoms with Crippen molar-refractivity contribution in [3.8, 4) is 0 Å². The number of carbonyl (C=O) groups excluding carboxylic acids is 2. The second-order valence-corrected chi connectivity index (χ2v) is 7.12. The summed E-state index contributed by atoms with van der Waals surface area (Å²) in [6.45, 7) is 0. The summed E-state index contributed by atoms with van der Waals surface area (Å²) in [5, 5.41) is 0. The van der Waals surface area contributed by atoms with E-state index in [4.69, 9.17) is 18.9 Å². The van der Waals surface area contributed by atoms with Gasteiger partial charge in [-0.25, -0.2) is 9.59 Å². The molecule has 34 heavy (non-hydrogen) atoms. The van der Waals surface area contributed by atoms with Gasteiger partial charge in [0.1, 0.15) is 0 Å². The first kappa shape index (κ1) is 29.9. The van der Waals surface area contributed by atoms with Gasteiger partial charge in [-0.15, -0.1) is 0 Å². The van der Waals surface area contributed by atoms with Crippen LogP contribution in [0, 0.1) is 0 Å². The Balaban J connectivity index is 3.44. The molecule has 0 aromatic carbocycles. The normalized spacial score (nSPS) is 26.9. The zero-order valence-electron chi connectivity index (χ0n) is 18.8. The first-order chi connectivity index (χ1) is 15.7. The number of methoxy groups -OCH3 is 4. The van der Waals surface area contributed by atoms with Crippen molar-refractivity contribution in [2.75, 3.05) is 28.4 Å². The maximum absolute atomic E-state index is 13.4. The molecule has 1 heterocycles. The van der Waals surface area contributed by atoms with E-state index in [0.29, 0.717) is 12.2 Å². The van der Waals surface area contributed by atoms with Gasteiger partial charge in [0.25, 0.3) is 0 Å². The van der Waals surface area contributed by atoms with E-state index in [2.05, 4.69) is 9.47 Å². The van der Waals surface area contributed by atoms with E-state index in [1.807, 2.05) is 0 Å². The molecule has 14 heteroatoms. The molecule has 0 aromatic heterocycles. The molecule has 0 radical (unpaired) electrons. The third-order valence-corrected chi connectivity index (χ3v) is 5.09. The number of halogens is 6. The van der Waals surface area contributed by atoms with Gasteiger partial charge in [0.2, 0.25) is 0 Å². The molecule has 0 unspecified atom stereocenters. The van der Waals surface area contributed by atoms with Gasteiger partial charge in [-0.05, 0) is 25.0 Å². The fourth-order valence-electron chi connectivity index (χ4n) is 3.01. The zero-order chi connectivity index (χ0) is 26.2. The molecule has 0 fully saturated rings. The molecular formula is C20H26F6O8. The number of ether oxygens (including phenoxy) is 6. The molecule has 2 atom stereocenters. The largest absolute Gasteiger partial charge is 0.450 e.